The van der Waals surface area contributed by atoms with E-state index in [1.165, 1.54) is 0 Å². The van der Waals surface area contributed by atoms with Gasteiger partial charge in [0.05, 0.1) is 25.2 Å². The number of rotatable bonds is 2. The fourth-order valence-electron chi connectivity index (χ4n) is 2.68. The summed E-state index contributed by atoms with van der Waals surface area (Å²) in [6, 6.07) is 0. The quantitative estimate of drug-likeness (QED) is 0.696. The number of carboxylic acid groups (broad SMARTS) is 1. The molecule has 0 amide bonds. The molecule has 0 aromatic rings. The van der Waals surface area contributed by atoms with Crippen LogP contribution < -0.4 is 0 Å². The number of ether oxygens (including phenoxy) is 3. The second-order valence-electron chi connectivity index (χ2n) is 4.42. The van der Waals surface area contributed by atoms with Crippen molar-refractivity contribution in [3.63, 3.8) is 0 Å². The Labute approximate surface area is 93.0 Å². The first-order chi connectivity index (χ1) is 7.72. The minimum Gasteiger partial charge on any atom is -0.481 e. The predicted octanol–water partition coefficient (Wildman–Crippen LogP) is 0.548. The fourth-order valence-corrected chi connectivity index (χ4v) is 2.68. The van der Waals surface area contributed by atoms with E-state index in [1.54, 1.807) is 6.08 Å². The van der Waals surface area contributed by atoms with E-state index in [1.807, 2.05) is 6.08 Å². The molecule has 3 rings (SSSR count). The molecule has 5 heteroatoms. The van der Waals surface area contributed by atoms with Gasteiger partial charge in [0.2, 0.25) is 0 Å². The molecule has 16 heavy (non-hydrogen) atoms. The van der Waals surface area contributed by atoms with Crippen LogP contribution in [-0.2, 0) is 19.0 Å². The van der Waals surface area contributed by atoms with Crippen LogP contribution in [0.3, 0.4) is 0 Å². The van der Waals surface area contributed by atoms with Crippen molar-refractivity contribution in [3.05, 3.63) is 12.2 Å². The van der Waals surface area contributed by atoms with Crippen molar-refractivity contribution >= 4 is 5.97 Å². The zero-order valence-corrected chi connectivity index (χ0v) is 8.80. The molecule has 3 atom stereocenters. The van der Waals surface area contributed by atoms with E-state index in [0.717, 1.165) is 6.42 Å². The van der Waals surface area contributed by atoms with Gasteiger partial charge in [0.1, 0.15) is 0 Å². The van der Waals surface area contributed by atoms with Gasteiger partial charge in [-0.15, -0.1) is 0 Å². The lowest BCUT2D eigenvalue weighted by Crippen LogP contribution is -2.51. The summed E-state index contributed by atoms with van der Waals surface area (Å²) in [5.74, 6) is -1.41. The highest BCUT2D eigenvalue weighted by atomic mass is 16.7. The van der Waals surface area contributed by atoms with Gasteiger partial charge in [-0.05, 0) is 18.9 Å². The van der Waals surface area contributed by atoms with Gasteiger partial charge in [-0.2, -0.15) is 0 Å². The average molecular weight is 226 g/mol. The van der Waals surface area contributed by atoms with Crippen LogP contribution in [0.5, 0.6) is 0 Å². The fraction of sp³-hybridized carbons (Fsp3) is 0.727. The number of carbonyl (C=O) groups is 1. The summed E-state index contributed by atoms with van der Waals surface area (Å²) in [6.07, 6.45) is 4.38. The third kappa shape index (κ3) is 1.32. The van der Waals surface area contributed by atoms with Gasteiger partial charge in [-0.1, -0.05) is 6.08 Å². The van der Waals surface area contributed by atoms with Crippen molar-refractivity contribution in [2.24, 2.45) is 5.92 Å². The Bertz CT molecular complexity index is 333. The number of carboxylic acids is 1. The van der Waals surface area contributed by atoms with Crippen LogP contribution in [-0.4, -0.2) is 42.3 Å². The Morgan fingerprint density at radius 3 is 2.75 bits per heavy atom. The topological polar surface area (TPSA) is 65.0 Å². The first-order valence-corrected chi connectivity index (χ1v) is 5.55. The van der Waals surface area contributed by atoms with Crippen molar-refractivity contribution in [2.45, 2.75) is 30.8 Å². The maximum atomic E-state index is 11.2. The van der Waals surface area contributed by atoms with E-state index in [0.29, 0.717) is 19.6 Å². The molecule has 0 aromatic carbocycles. The van der Waals surface area contributed by atoms with E-state index < -0.39 is 23.8 Å². The minimum atomic E-state index is -0.906. The van der Waals surface area contributed by atoms with E-state index in [9.17, 15) is 9.90 Å². The van der Waals surface area contributed by atoms with Crippen molar-refractivity contribution in [2.75, 3.05) is 13.2 Å². The highest BCUT2D eigenvalue weighted by Gasteiger charge is 2.59. The molecule has 2 saturated heterocycles. The average Bonchev–Trinajstić information content (AvgIpc) is 2.89. The van der Waals surface area contributed by atoms with E-state index in [2.05, 4.69) is 0 Å². The van der Waals surface area contributed by atoms with Crippen LogP contribution >= 0.6 is 0 Å². The normalized spacial score (nSPS) is 42.8. The molecule has 2 bridgehead atoms. The molecular weight excluding hydrogens is 212 g/mol. The maximum Gasteiger partial charge on any atom is 0.310 e. The molecular formula is C11H14O5. The first-order valence-electron chi connectivity index (χ1n) is 5.55. The highest BCUT2D eigenvalue weighted by Crippen LogP contribution is 2.47. The molecule has 0 radical (unpaired) electrons. The molecule has 1 N–H and O–H groups in total. The SMILES string of the molecule is O=C(O)C1CC2C=CC1(C1OCCCO1)O2. The van der Waals surface area contributed by atoms with Crippen LogP contribution in [0.15, 0.2) is 12.2 Å². The summed E-state index contributed by atoms with van der Waals surface area (Å²) < 4.78 is 16.7. The lowest BCUT2D eigenvalue weighted by molar-refractivity contribution is -0.257. The first kappa shape index (κ1) is 10.3. The largest absolute Gasteiger partial charge is 0.481 e. The van der Waals surface area contributed by atoms with Crippen molar-refractivity contribution in [3.8, 4) is 0 Å². The maximum absolute atomic E-state index is 11.2. The molecule has 3 unspecified atom stereocenters. The number of hydrogen-bond donors (Lipinski definition) is 1. The van der Waals surface area contributed by atoms with E-state index >= 15 is 0 Å². The van der Waals surface area contributed by atoms with Crippen LogP contribution in [0.25, 0.3) is 0 Å². The van der Waals surface area contributed by atoms with Crippen molar-refractivity contribution < 1.29 is 24.1 Å². The van der Waals surface area contributed by atoms with Gasteiger partial charge >= 0.3 is 5.97 Å². The summed E-state index contributed by atoms with van der Waals surface area (Å²) in [5.41, 5.74) is -0.906. The number of aliphatic carboxylic acids is 1. The molecule has 3 aliphatic heterocycles. The number of hydrogen-bond acceptors (Lipinski definition) is 4. The Hall–Kier alpha value is -0.910. The third-order valence-electron chi connectivity index (χ3n) is 3.43. The van der Waals surface area contributed by atoms with Gasteiger partial charge in [0, 0.05) is 0 Å². The second-order valence-corrected chi connectivity index (χ2v) is 4.42. The van der Waals surface area contributed by atoms with Crippen molar-refractivity contribution in [1.82, 2.24) is 0 Å². The number of fused-ring (bicyclic) bond motifs is 2. The van der Waals surface area contributed by atoms with Gasteiger partial charge < -0.3 is 19.3 Å². The Kier molecular flexibility index (Phi) is 2.27. The van der Waals surface area contributed by atoms with Gasteiger partial charge in [0.15, 0.2) is 11.9 Å². The van der Waals surface area contributed by atoms with Crippen LogP contribution in [0.4, 0.5) is 0 Å². The zero-order valence-electron chi connectivity index (χ0n) is 8.80. The molecule has 0 aliphatic carbocycles. The predicted molar refractivity (Wildman–Crippen MR) is 52.8 cm³/mol. The van der Waals surface area contributed by atoms with Crippen LogP contribution in [0.2, 0.25) is 0 Å². The second kappa shape index (κ2) is 3.55. The molecule has 0 saturated carbocycles. The molecule has 2 fully saturated rings. The lowest BCUT2D eigenvalue weighted by atomic mass is 9.82. The Morgan fingerprint density at radius 2 is 2.12 bits per heavy atom. The summed E-state index contributed by atoms with van der Waals surface area (Å²) in [5, 5.41) is 9.21. The third-order valence-corrected chi connectivity index (χ3v) is 3.43. The van der Waals surface area contributed by atoms with Gasteiger partial charge in [0.25, 0.3) is 0 Å². The van der Waals surface area contributed by atoms with Gasteiger partial charge in [-0.25, -0.2) is 0 Å². The molecule has 0 aromatic heterocycles. The van der Waals surface area contributed by atoms with E-state index in [4.69, 9.17) is 14.2 Å². The lowest BCUT2D eigenvalue weighted by Gasteiger charge is -2.37. The minimum absolute atomic E-state index is 0.102. The standard InChI is InChI=1S/C11H14O5/c12-9(13)8-6-7-2-3-11(8,16-7)10-14-4-1-5-15-10/h2-3,7-8,10H,1,4-6H2,(H,12,13). The van der Waals surface area contributed by atoms with Crippen molar-refractivity contribution in [1.29, 1.82) is 0 Å². The van der Waals surface area contributed by atoms with E-state index in [-0.39, 0.29) is 6.10 Å². The van der Waals surface area contributed by atoms with Crippen LogP contribution in [0, 0.1) is 5.92 Å². The zero-order chi connectivity index (χ0) is 11.2. The summed E-state index contributed by atoms with van der Waals surface area (Å²) in [6.45, 7) is 1.20. The summed E-state index contributed by atoms with van der Waals surface area (Å²) in [7, 11) is 0. The summed E-state index contributed by atoms with van der Waals surface area (Å²) >= 11 is 0. The monoisotopic (exact) mass is 226 g/mol. The highest BCUT2D eigenvalue weighted by molar-refractivity contribution is 5.73. The Morgan fingerprint density at radius 1 is 1.38 bits per heavy atom. The Balaban J connectivity index is 1.88. The molecule has 0 spiro atoms. The van der Waals surface area contributed by atoms with Gasteiger partial charge in [-0.3, -0.25) is 4.79 Å². The summed E-state index contributed by atoms with van der Waals surface area (Å²) in [4.78, 5) is 11.2. The van der Waals surface area contributed by atoms with Crippen LogP contribution in [0.1, 0.15) is 12.8 Å². The molecule has 88 valence electrons. The molecule has 5 nitrogen and oxygen atoms in total. The molecule has 3 heterocycles. The smallest absolute Gasteiger partial charge is 0.310 e. The molecule has 3 aliphatic rings.